The van der Waals surface area contributed by atoms with Crippen LogP contribution < -0.4 is 32.7 Å². The van der Waals surface area contributed by atoms with Gasteiger partial charge in [-0.05, 0) is 38.1 Å². The lowest BCUT2D eigenvalue weighted by molar-refractivity contribution is -0.127. The number of nitrogens with one attached hydrogen (secondary N) is 4. The Bertz CT molecular complexity index is 737. The molecule has 0 bridgehead atoms. The molecule has 3 rings (SSSR count). The first-order valence-electron chi connectivity index (χ1n) is 13.4. The van der Waals surface area contributed by atoms with Gasteiger partial charge in [0.05, 0.1) is 18.1 Å². The maximum atomic E-state index is 15.0. The van der Waals surface area contributed by atoms with Gasteiger partial charge in [0.2, 0.25) is 5.91 Å². The van der Waals surface area contributed by atoms with Crippen molar-refractivity contribution in [2.75, 3.05) is 39.9 Å². The van der Waals surface area contributed by atoms with Gasteiger partial charge in [-0.3, -0.25) is 9.69 Å². The highest BCUT2D eigenvalue weighted by Gasteiger charge is 2.42. The molecule has 0 spiro atoms. The molecule has 1 amide bonds. The van der Waals surface area contributed by atoms with E-state index in [1.807, 2.05) is 11.9 Å². The van der Waals surface area contributed by atoms with Gasteiger partial charge < -0.3 is 32.7 Å². The van der Waals surface area contributed by atoms with Crippen molar-refractivity contribution in [3.8, 4) is 0 Å². The normalized spacial score (nSPS) is 34.1. The molecule has 0 aromatic carbocycles. The summed E-state index contributed by atoms with van der Waals surface area (Å²) in [4.78, 5) is 15.7. The van der Waals surface area contributed by atoms with E-state index in [2.05, 4.69) is 35.1 Å². The Morgan fingerprint density at radius 3 is 2.66 bits per heavy atom. The lowest BCUT2D eigenvalue weighted by Crippen LogP contribution is -2.61. The fourth-order valence-corrected chi connectivity index (χ4v) is 6.17. The zero-order valence-electron chi connectivity index (χ0n) is 21.7. The van der Waals surface area contributed by atoms with Crippen molar-refractivity contribution in [1.29, 1.82) is 0 Å². The van der Waals surface area contributed by atoms with Crippen LogP contribution >= 0.6 is 0 Å². The van der Waals surface area contributed by atoms with Gasteiger partial charge in [0.15, 0.2) is 0 Å². The van der Waals surface area contributed by atoms with E-state index in [-0.39, 0.29) is 42.3 Å². The molecular formula is C25H47F2N7O. The number of carbonyl (C=O) groups excluding carboxylic acids is 1. The van der Waals surface area contributed by atoms with E-state index in [1.54, 1.807) is 0 Å². The van der Waals surface area contributed by atoms with Crippen LogP contribution in [0.25, 0.3) is 0 Å². The second-order valence-corrected chi connectivity index (χ2v) is 10.9. The number of unbranched alkanes of at least 4 members (excludes halogenated alkanes) is 1. The van der Waals surface area contributed by atoms with Crippen LogP contribution in [0.5, 0.6) is 0 Å². The van der Waals surface area contributed by atoms with Crippen LogP contribution in [0.4, 0.5) is 8.78 Å². The maximum absolute atomic E-state index is 15.0. The molecule has 6 atom stereocenters. The average molecular weight is 500 g/mol. The van der Waals surface area contributed by atoms with Gasteiger partial charge in [0.25, 0.3) is 0 Å². The highest BCUT2D eigenvalue weighted by molar-refractivity contribution is 5.81. The van der Waals surface area contributed by atoms with E-state index in [4.69, 9.17) is 11.5 Å². The molecule has 0 saturated carbocycles. The zero-order chi connectivity index (χ0) is 25.6. The molecule has 202 valence electrons. The van der Waals surface area contributed by atoms with E-state index in [1.165, 1.54) is 0 Å². The summed E-state index contributed by atoms with van der Waals surface area (Å²) in [5.74, 6) is -1.29. The van der Waals surface area contributed by atoms with Crippen LogP contribution in [-0.4, -0.2) is 81.2 Å². The van der Waals surface area contributed by atoms with Crippen LogP contribution in [0.2, 0.25) is 0 Å². The molecule has 8 N–H and O–H groups in total. The summed E-state index contributed by atoms with van der Waals surface area (Å²) in [7, 11) is 1.94. The Morgan fingerprint density at radius 2 is 2.03 bits per heavy atom. The first kappa shape index (κ1) is 28.4. The summed E-state index contributed by atoms with van der Waals surface area (Å²) in [6.07, 6.45) is 4.17. The quantitative estimate of drug-likeness (QED) is 0.263. The minimum Gasteiger partial charge on any atom is -0.348 e. The number of hydrogen-bond acceptors (Lipinski definition) is 7. The molecule has 2 fully saturated rings. The smallest absolute Gasteiger partial charge is 0.228 e. The molecule has 6 unspecified atom stereocenters. The average Bonchev–Trinajstić information content (AvgIpc) is 3.23. The van der Waals surface area contributed by atoms with Crippen LogP contribution in [0.15, 0.2) is 11.4 Å². The van der Waals surface area contributed by atoms with Crippen molar-refractivity contribution in [1.82, 2.24) is 26.2 Å². The topological polar surface area (TPSA) is 120 Å². The van der Waals surface area contributed by atoms with Crippen LogP contribution in [0.3, 0.4) is 0 Å². The van der Waals surface area contributed by atoms with E-state index >= 15 is 4.39 Å². The van der Waals surface area contributed by atoms with E-state index < -0.39 is 24.3 Å². The maximum Gasteiger partial charge on any atom is 0.228 e. The minimum atomic E-state index is -0.973. The van der Waals surface area contributed by atoms with Crippen molar-refractivity contribution >= 4 is 5.91 Å². The summed E-state index contributed by atoms with van der Waals surface area (Å²) in [5, 5.41) is 12.7. The van der Waals surface area contributed by atoms with Gasteiger partial charge in [-0.1, -0.05) is 33.1 Å². The van der Waals surface area contributed by atoms with Gasteiger partial charge in [0, 0.05) is 50.5 Å². The number of hydrogen-bond donors (Lipinski definition) is 6. The molecule has 10 heteroatoms. The third-order valence-electron chi connectivity index (χ3n) is 8.43. The van der Waals surface area contributed by atoms with E-state index in [0.717, 1.165) is 32.1 Å². The van der Waals surface area contributed by atoms with Crippen molar-refractivity contribution < 1.29 is 13.6 Å². The molecule has 0 radical (unpaired) electrons. The number of halogens is 2. The highest BCUT2D eigenvalue weighted by Crippen LogP contribution is 2.42. The number of alkyl halides is 1. The lowest BCUT2D eigenvalue weighted by atomic mass is 9.68. The fraction of sp³-hybridized carbons (Fsp3) is 0.880. The zero-order valence-corrected chi connectivity index (χ0v) is 21.7. The van der Waals surface area contributed by atoms with Gasteiger partial charge in [-0.2, -0.15) is 0 Å². The molecule has 8 nitrogen and oxygen atoms in total. The molecule has 0 aromatic rings. The monoisotopic (exact) mass is 499 g/mol. The molecule has 3 heterocycles. The fourth-order valence-electron chi connectivity index (χ4n) is 6.17. The summed E-state index contributed by atoms with van der Waals surface area (Å²) in [5.41, 5.74) is 12.9. The lowest BCUT2D eigenvalue weighted by Gasteiger charge is -2.42. The van der Waals surface area contributed by atoms with Gasteiger partial charge >= 0.3 is 0 Å². The van der Waals surface area contributed by atoms with Gasteiger partial charge in [0.1, 0.15) is 12.0 Å². The number of rotatable bonds is 9. The number of likely N-dealkylation sites (N-methyl/N-ethyl adjacent to an activating group) is 1. The second-order valence-electron chi connectivity index (χ2n) is 10.9. The number of amides is 1. The molecular weight excluding hydrogens is 452 g/mol. The minimum absolute atomic E-state index is 0.0619. The molecule has 0 aliphatic carbocycles. The SMILES string of the molecule is CCCCC1(CC)CCC(F)CNC(C(C(=O)NC2CNCC(F)=C2C2CNCN2C)C(N)N)C1. The Labute approximate surface area is 209 Å². The molecule has 2 saturated heterocycles. The van der Waals surface area contributed by atoms with Crippen LogP contribution in [-0.2, 0) is 4.79 Å². The predicted octanol–water partition coefficient (Wildman–Crippen LogP) is 1.09. The van der Waals surface area contributed by atoms with Crippen molar-refractivity contribution in [3.63, 3.8) is 0 Å². The third-order valence-corrected chi connectivity index (χ3v) is 8.43. The van der Waals surface area contributed by atoms with Crippen molar-refractivity contribution in [2.24, 2.45) is 22.8 Å². The molecule has 3 aliphatic rings. The Morgan fingerprint density at radius 1 is 1.26 bits per heavy atom. The molecule has 0 aromatic heterocycles. The Hall–Kier alpha value is -1.17. The van der Waals surface area contributed by atoms with Gasteiger partial charge in [-0.15, -0.1) is 0 Å². The number of nitrogens with zero attached hydrogens (tertiary/aromatic N) is 1. The first-order chi connectivity index (χ1) is 16.7. The molecule has 35 heavy (non-hydrogen) atoms. The van der Waals surface area contributed by atoms with E-state index in [9.17, 15) is 9.18 Å². The van der Waals surface area contributed by atoms with Crippen LogP contribution in [0, 0.1) is 11.3 Å². The van der Waals surface area contributed by atoms with Crippen molar-refractivity contribution in [3.05, 3.63) is 11.4 Å². The molecule has 3 aliphatic heterocycles. The standard InChI is InChI=1S/C25H47F2N7O/c1-4-6-8-25(5-2)9-7-16(26)11-32-18(10-25)22(23(28)29)24(35)33-19-13-30-12-17(27)21(19)20-14-31-15-34(20)3/h16,18-20,22-23,30-32H,4-15,28-29H2,1-3H3,(H,33,35). The highest BCUT2D eigenvalue weighted by atomic mass is 19.1. The van der Waals surface area contributed by atoms with Crippen LogP contribution in [0.1, 0.15) is 58.8 Å². The Kier molecular flexibility index (Phi) is 10.4. The third kappa shape index (κ3) is 6.99. The van der Waals surface area contributed by atoms with Gasteiger partial charge in [-0.25, -0.2) is 8.78 Å². The summed E-state index contributed by atoms with van der Waals surface area (Å²) < 4.78 is 29.7. The second kappa shape index (κ2) is 12.9. The summed E-state index contributed by atoms with van der Waals surface area (Å²) in [6.45, 7) is 6.38. The number of carbonyl (C=O) groups is 1. The van der Waals surface area contributed by atoms with E-state index in [0.29, 0.717) is 38.2 Å². The first-order valence-corrected chi connectivity index (χ1v) is 13.4. The summed E-state index contributed by atoms with van der Waals surface area (Å²) >= 11 is 0. The predicted molar refractivity (Wildman–Crippen MR) is 136 cm³/mol. The Balaban J connectivity index is 1.82. The summed E-state index contributed by atoms with van der Waals surface area (Å²) in [6, 6.07) is -0.973. The van der Waals surface area contributed by atoms with Crippen molar-refractivity contribution in [2.45, 2.75) is 89.3 Å². The number of nitrogens with two attached hydrogens (primary N) is 2. The largest absolute Gasteiger partial charge is 0.348 e.